The molecule has 48 valence electrons. The van der Waals surface area contributed by atoms with Gasteiger partial charge in [-0.2, -0.15) is 0 Å². The van der Waals surface area contributed by atoms with E-state index in [2.05, 4.69) is 0 Å². The first-order chi connectivity index (χ1) is 1.73. The van der Waals surface area contributed by atoms with E-state index in [0.717, 1.165) is 0 Å². The highest BCUT2D eigenvalue weighted by molar-refractivity contribution is 5.85. The van der Waals surface area contributed by atoms with Gasteiger partial charge in [-0.15, -0.1) is 12.4 Å². The lowest BCUT2D eigenvalue weighted by atomic mass is 11.5. The van der Waals surface area contributed by atoms with Gasteiger partial charge < -0.3 is 27.3 Å². The Labute approximate surface area is 46.9 Å². The van der Waals surface area contributed by atoms with Crippen LogP contribution in [0.1, 0.15) is 0 Å². The van der Waals surface area contributed by atoms with E-state index in [1.165, 1.54) is 0 Å². The Kier molecular flexibility index (Phi) is 80.8. The van der Waals surface area contributed by atoms with E-state index in [1.807, 2.05) is 0 Å². The minimum atomic E-state index is -2.33. The highest BCUT2D eigenvalue weighted by Gasteiger charge is 1.26. The third-order valence-electron chi connectivity index (χ3n) is 0. The summed E-state index contributed by atoms with van der Waals surface area (Å²) in [5.74, 6) is 0. The molecule has 0 saturated carbocycles. The summed E-state index contributed by atoms with van der Waals surface area (Å²) in [6.45, 7) is 0. The maximum atomic E-state index is 8.33. The summed E-state index contributed by atoms with van der Waals surface area (Å²) in [7, 11) is 0. The lowest BCUT2D eigenvalue weighted by Gasteiger charge is -1.96. The van der Waals surface area contributed by atoms with Gasteiger partial charge >= 0.3 is 0 Å². The Bertz CT molecular complexity index is 35.9. The summed E-state index contributed by atoms with van der Waals surface area (Å²) in [4.78, 5) is 8.33. The molecule has 0 fully saturated rings. The van der Waals surface area contributed by atoms with Gasteiger partial charge in [0.05, 0.1) is 0 Å². The zero-order valence-corrected chi connectivity index (χ0v) is 4.95. The molecular formula is CH9ClN2O3. The lowest BCUT2D eigenvalue weighted by molar-refractivity contribution is -0.415. The van der Waals surface area contributed by atoms with Crippen molar-refractivity contribution >= 4 is 18.6 Å². The van der Waals surface area contributed by atoms with Crippen molar-refractivity contribution in [2.45, 2.75) is 0 Å². The molecule has 7 heavy (non-hydrogen) atoms. The fraction of sp³-hybridized carbons (Fsp3) is 0. The van der Waals surface area contributed by atoms with Crippen LogP contribution in [0.25, 0.3) is 0 Å². The Morgan fingerprint density at radius 3 is 1.14 bits per heavy atom. The predicted molar refractivity (Wildman–Crippen MR) is 24.6 cm³/mol. The minimum absolute atomic E-state index is 0. The van der Waals surface area contributed by atoms with Gasteiger partial charge in [-0.05, 0) is 6.16 Å². The second-order valence-electron chi connectivity index (χ2n) is 0.250. The van der Waals surface area contributed by atoms with Gasteiger partial charge in [-0.3, -0.25) is 0 Å². The highest BCUT2D eigenvalue weighted by Crippen LogP contribution is 1.21. The first-order valence-corrected chi connectivity index (χ1v) is 0.612. The third kappa shape index (κ3) is 245. The van der Waals surface area contributed by atoms with Crippen LogP contribution in [-0.2, 0) is 0 Å². The molecule has 0 aliphatic carbocycles. The number of carbonyl (C=O) groups is 1. The largest absolute Gasteiger partial charge is 0.652 e. The summed E-state index contributed by atoms with van der Waals surface area (Å²) in [6, 6.07) is 0. The number of hydrogen-bond donors (Lipinski definition) is 2. The van der Waals surface area contributed by atoms with Crippen LogP contribution in [0.5, 0.6) is 0 Å². The summed E-state index contributed by atoms with van der Waals surface area (Å²) < 4.78 is 0. The predicted octanol–water partition coefficient (Wildman–Crippen LogP) is -1.27. The molecule has 6 heteroatoms. The van der Waals surface area contributed by atoms with Crippen molar-refractivity contribution in [1.29, 1.82) is 0 Å². The fourth-order valence-electron chi connectivity index (χ4n) is 0. The molecule has 0 aromatic heterocycles. The van der Waals surface area contributed by atoms with E-state index < -0.39 is 6.16 Å². The number of carbonyl (C=O) groups excluding carboxylic acids is 1. The molecule has 0 aromatic carbocycles. The van der Waals surface area contributed by atoms with Crippen molar-refractivity contribution in [3.05, 3.63) is 0 Å². The van der Waals surface area contributed by atoms with Crippen LogP contribution in [0, 0.1) is 0 Å². The molecule has 0 saturated heterocycles. The Balaban J connectivity index is -0.0000000150. The zero-order valence-electron chi connectivity index (χ0n) is 4.13. The van der Waals surface area contributed by atoms with Crippen molar-refractivity contribution in [3.63, 3.8) is 0 Å². The maximum Gasteiger partial charge on any atom is -0.0431 e. The van der Waals surface area contributed by atoms with E-state index in [1.54, 1.807) is 0 Å². The monoisotopic (exact) mass is 132 g/mol. The van der Waals surface area contributed by atoms with Crippen molar-refractivity contribution in [2.24, 2.45) is 0 Å². The van der Waals surface area contributed by atoms with E-state index >= 15 is 0 Å². The molecule has 0 heterocycles. The number of quaternary nitrogens is 2. The summed E-state index contributed by atoms with van der Waals surface area (Å²) in [6.07, 6.45) is -2.33. The van der Waals surface area contributed by atoms with Crippen LogP contribution < -0.4 is 22.5 Å². The number of carboxylic acid groups (broad SMARTS) is 2. The van der Waals surface area contributed by atoms with Gasteiger partial charge in [-0.25, -0.2) is 0 Å². The topological polar surface area (TPSA) is 136 Å². The Morgan fingerprint density at radius 1 is 1.14 bits per heavy atom. The molecule has 0 spiro atoms. The molecule has 0 bridgehead atoms. The molecule has 0 aromatic rings. The Hall–Kier alpha value is -0.520. The average Bonchev–Trinajstić information content (AvgIpc) is 0.811. The summed E-state index contributed by atoms with van der Waals surface area (Å²) in [5.41, 5.74) is 0. The van der Waals surface area contributed by atoms with Crippen LogP contribution in [0.3, 0.4) is 0 Å². The quantitative estimate of drug-likeness (QED) is 0.425. The second-order valence-corrected chi connectivity index (χ2v) is 0.250. The number of hydrogen-bond acceptors (Lipinski definition) is 3. The van der Waals surface area contributed by atoms with Gasteiger partial charge in [0, 0.05) is 0 Å². The fourth-order valence-corrected chi connectivity index (χ4v) is 0. The van der Waals surface area contributed by atoms with E-state index in [0.29, 0.717) is 0 Å². The van der Waals surface area contributed by atoms with Crippen molar-refractivity contribution < 1.29 is 15.0 Å². The normalized spacial score (nSPS) is 3.43. The Morgan fingerprint density at radius 2 is 1.14 bits per heavy atom. The van der Waals surface area contributed by atoms with Crippen molar-refractivity contribution in [1.82, 2.24) is 12.3 Å². The van der Waals surface area contributed by atoms with Gasteiger partial charge in [0.2, 0.25) is 0 Å². The van der Waals surface area contributed by atoms with E-state index in [-0.39, 0.29) is 24.7 Å². The molecule has 0 radical (unpaired) electrons. The first kappa shape index (κ1) is 31.6. The molecule has 5 nitrogen and oxygen atoms in total. The summed E-state index contributed by atoms with van der Waals surface area (Å²) in [5, 5.41) is 16.7. The molecule has 8 N–H and O–H groups in total. The van der Waals surface area contributed by atoms with Gasteiger partial charge in [0.25, 0.3) is 0 Å². The average molecular weight is 133 g/mol. The van der Waals surface area contributed by atoms with Gasteiger partial charge in [0.1, 0.15) is 0 Å². The number of rotatable bonds is 0. The summed E-state index contributed by atoms with van der Waals surface area (Å²) >= 11 is 0. The molecular weight excluding hydrogens is 123 g/mol. The maximum absolute atomic E-state index is 8.33. The third-order valence-corrected chi connectivity index (χ3v) is 0. The number of halogens is 1. The molecule has 0 amide bonds. The smallest absolute Gasteiger partial charge is 0.0431 e. The van der Waals surface area contributed by atoms with Crippen molar-refractivity contribution in [2.75, 3.05) is 0 Å². The molecule has 0 aliphatic heterocycles. The molecule has 0 atom stereocenters. The molecule has 0 unspecified atom stereocenters. The van der Waals surface area contributed by atoms with Crippen LogP contribution in [0.15, 0.2) is 0 Å². The minimum Gasteiger partial charge on any atom is -0.652 e. The molecule has 0 rings (SSSR count). The van der Waals surface area contributed by atoms with Gasteiger partial charge in [0.15, 0.2) is 0 Å². The highest BCUT2D eigenvalue weighted by atomic mass is 35.5. The van der Waals surface area contributed by atoms with Crippen LogP contribution >= 0.6 is 12.4 Å². The SMILES string of the molecule is Cl.O=C([O-])[O-].[NH4+].[NH4+]. The van der Waals surface area contributed by atoms with E-state index in [9.17, 15) is 0 Å². The standard InChI is InChI=1S/CH2O3.ClH.2H3N/c2-1(3)4;;;/h(H2,2,3,4);1H;2*1H3. The van der Waals surface area contributed by atoms with Crippen LogP contribution in [0.2, 0.25) is 0 Å². The van der Waals surface area contributed by atoms with Crippen LogP contribution in [-0.4, -0.2) is 6.16 Å². The van der Waals surface area contributed by atoms with Crippen LogP contribution in [0.4, 0.5) is 4.79 Å². The van der Waals surface area contributed by atoms with E-state index in [4.69, 9.17) is 15.0 Å². The van der Waals surface area contributed by atoms with Crippen molar-refractivity contribution in [3.8, 4) is 0 Å². The van der Waals surface area contributed by atoms with Gasteiger partial charge in [-0.1, -0.05) is 0 Å². The lowest BCUT2D eigenvalue weighted by Crippen LogP contribution is -2.37. The molecule has 0 aliphatic rings. The first-order valence-electron chi connectivity index (χ1n) is 0.612. The zero-order chi connectivity index (χ0) is 3.58. The second kappa shape index (κ2) is 17.9.